The molecule has 0 aliphatic heterocycles. The first-order valence-corrected chi connectivity index (χ1v) is 12.2. The Morgan fingerprint density at radius 1 is 0.588 bits per heavy atom. The first-order chi connectivity index (χ1) is 16.7. The van der Waals surface area contributed by atoms with Crippen molar-refractivity contribution in [3.05, 3.63) is 114 Å². The van der Waals surface area contributed by atoms with Crippen molar-refractivity contribution in [2.45, 2.75) is 0 Å². The maximum absolute atomic E-state index is 13.0. The lowest BCUT2D eigenvalue weighted by Gasteiger charge is -1.94. The van der Waals surface area contributed by atoms with Gasteiger partial charge in [-0.3, -0.25) is 9.59 Å². The number of aromatic nitrogens is 4. The Kier molecular flexibility index (Phi) is 4.08. The number of thiazole rings is 2. The number of para-hydroxylation sites is 4. The Bertz CT molecular complexity index is 1960. The molecule has 8 heteroatoms. The van der Waals surface area contributed by atoms with Gasteiger partial charge >= 0.3 is 0 Å². The maximum atomic E-state index is 13.0. The molecule has 0 N–H and O–H groups in total. The van der Waals surface area contributed by atoms with Crippen molar-refractivity contribution >= 4 is 66.8 Å². The number of rotatable bonds is 2. The normalized spacial score (nSPS) is 13.3. The molecule has 4 heterocycles. The van der Waals surface area contributed by atoms with E-state index in [1.165, 1.54) is 22.7 Å². The predicted octanol–water partition coefficient (Wildman–Crippen LogP) is 3.23. The highest BCUT2D eigenvalue weighted by molar-refractivity contribution is 7.15. The molecule has 0 amide bonds. The van der Waals surface area contributed by atoms with Crippen molar-refractivity contribution in [2.24, 2.45) is 0 Å². The highest BCUT2D eigenvalue weighted by Crippen LogP contribution is 2.17. The molecule has 0 aliphatic rings. The van der Waals surface area contributed by atoms with E-state index in [4.69, 9.17) is 0 Å². The monoisotopic (exact) mass is 478 g/mol. The van der Waals surface area contributed by atoms with Gasteiger partial charge in [0.2, 0.25) is 0 Å². The molecule has 0 bridgehead atoms. The third kappa shape index (κ3) is 2.86. The first kappa shape index (κ1) is 19.3. The fraction of sp³-hybridized carbons (Fsp3) is 0. The third-order valence-corrected chi connectivity index (χ3v) is 7.76. The van der Waals surface area contributed by atoms with Crippen LogP contribution in [0.1, 0.15) is 11.1 Å². The SMILES string of the molecule is O=c1/c(=C/c2ccc(/C=c3\sc4nc5ccccc5n4c3=O)cc2)sc2nc3ccccc3n12. The zero-order valence-electron chi connectivity index (χ0n) is 17.5. The van der Waals surface area contributed by atoms with Gasteiger partial charge in [0.05, 0.1) is 31.1 Å². The summed E-state index contributed by atoms with van der Waals surface area (Å²) >= 11 is 2.77. The fourth-order valence-electron chi connectivity index (χ4n) is 4.22. The Morgan fingerprint density at radius 3 is 1.44 bits per heavy atom. The van der Waals surface area contributed by atoms with Crippen molar-refractivity contribution in [2.75, 3.05) is 0 Å². The molecule has 0 saturated heterocycles. The first-order valence-electron chi connectivity index (χ1n) is 10.6. The molecule has 7 aromatic rings. The average molecular weight is 479 g/mol. The molecular weight excluding hydrogens is 464 g/mol. The van der Waals surface area contributed by atoms with E-state index in [1.54, 1.807) is 8.80 Å². The van der Waals surface area contributed by atoms with Crippen LogP contribution >= 0.6 is 22.7 Å². The van der Waals surface area contributed by atoms with Crippen LogP contribution in [0.2, 0.25) is 0 Å². The smallest absolute Gasteiger partial charge is 0.267 e. The lowest BCUT2D eigenvalue weighted by Crippen LogP contribution is -2.22. The van der Waals surface area contributed by atoms with Crippen LogP contribution in [0.5, 0.6) is 0 Å². The van der Waals surface area contributed by atoms with Gasteiger partial charge in [-0.05, 0) is 47.5 Å². The van der Waals surface area contributed by atoms with Crippen molar-refractivity contribution < 1.29 is 0 Å². The summed E-state index contributed by atoms with van der Waals surface area (Å²) in [6.45, 7) is 0. The average Bonchev–Trinajstić information content (AvgIpc) is 3.56. The quantitative estimate of drug-likeness (QED) is 0.383. The number of imidazole rings is 2. The molecule has 0 atom stereocenters. The number of fused-ring (bicyclic) bond motifs is 6. The molecule has 7 rings (SSSR count). The Balaban J connectivity index is 1.29. The van der Waals surface area contributed by atoms with Gasteiger partial charge < -0.3 is 0 Å². The van der Waals surface area contributed by atoms with Crippen LogP contribution in [-0.2, 0) is 0 Å². The van der Waals surface area contributed by atoms with Crippen LogP contribution in [0.25, 0.3) is 44.1 Å². The van der Waals surface area contributed by atoms with E-state index in [9.17, 15) is 9.59 Å². The van der Waals surface area contributed by atoms with Gasteiger partial charge in [0.15, 0.2) is 9.92 Å². The number of benzene rings is 3. The summed E-state index contributed by atoms with van der Waals surface area (Å²) < 4.78 is 4.61. The summed E-state index contributed by atoms with van der Waals surface area (Å²) in [6.07, 6.45) is 3.76. The third-order valence-electron chi connectivity index (χ3n) is 5.82. The van der Waals surface area contributed by atoms with Crippen LogP contribution in [-0.4, -0.2) is 18.8 Å². The van der Waals surface area contributed by atoms with Gasteiger partial charge in [-0.25, -0.2) is 18.8 Å². The summed E-state index contributed by atoms with van der Waals surface area (Å²) in [6, 6.07) is 23.1. The topological polar surface area (TPSA) is 68.7 Å². The minimum Gasteiger partial charge on any atom is -0.267 e. The van der Waals surface area contributed by atoms with Crippen molar-refractivity contribution in [1.82, 2.24) is 18.8 Å². The number of hydrogen-bond acceptors (Lipinski definition) is 6. The molecular formula is C26H14N4O2S2. The summed E-state index contributed by atoms with van der Waals surface area (Å²) in [7, 11) is 0. The number of hydrogen-bond donors (Lipinski definition) is 0. The van der Waals surface area contributed by atoms with Crippen molar-refractivity contribution in [3.8, 4) is 0 Å². The van der Waals surface area contributed by atoms with Gasteiger partial charge in [0.25, 0.3) is 11.1 Å². The summed E-state index contributed by atoms with van der Waals surface area (Å²) in [5, 5.41) is 0. The lowest BCUT2D eigenvalue weighted by molar-refractivity contribution is 1.19. The predicted molar refractivity (Wildman–Crippen MR) is 138 cm³/mol. The molecule has 0 aliphatic carbocycles. The molecule has 0 radical (unpaired) electrons. The molecule has 6 nitrogen and oxygen atoms in total. The molecule has 0 unspecified atom stereocenters. The van der Waals surface area contributed by atoms with Gasteiger partial charge in [0.1, 0.15) is 0 Å². The van der Waals surface area contributed by atoms with Gasteiger partial charge in [-0.1, -0.05) is 71.2 Å². The van der Waals surface area contributed by atoms with Gasteiger partial charge in [-0.15, -0.1) is 0 Å². The van der Waals surface area contributed by atoms with Crippen LogP contribution in [0.4, 0.5) is 0 Å². The highest BCUT2D eigenvalue weighted by atomic mass is 32.1. The van der Waals surface area contributed by atoms with Crippen LogP contribution in [0, 0.1) is 0 Å². The molecule has 3 aromatic carbocycles. The van der Waals surface area contributed by atoms with E-state index in [2.05, 4.69) is 9.97 Å². The van der Waals surface area contributed by atoms with E-state index < -0.39 is 0 Å². The maximum Gasteiger partial charge on any atom is 0.274 e. The second kappa shape index (κ2) is 7.18. The Labute approximate surface area is 199 Å². The van der Waals surface area contributed by atoms with E-state index >= 15 is 0 Å². The van der Waals surface area contributed by atoms with Crippen molar-refractivity contribution in [3.63, 3.8) is 0 Å². The second-order valence-electron chi connectivity index (χ2n) is 7.94. The molecule has 0 fully saturated rings. The van der Waals surface area contributed by atoms with E-state index in [1.807, 2.05) is 84.9 Å². The summed E-state index contributed by atoms with van der Waals surface area (Å²) in [5.74, 6) is 0. The zero-order chi connectivity index (χ0) is 22.8. The number of nitrogens with zero attached hydrogens (tertiary/aromatic N) is 4. The highest BCUT2D eigenvalue weighted by Gasteiger charge is 2.11. The largest absolute Gasteiger partial charge is 0.274 e. The minimum absolute atomic E-state index is 0.0607. The van der Waals surface area contributed by atoms with Crippen LogP contribution < -0.4 is 20.2 Å². The van der Waals surface area contributed by atoms with Gasteiger partial charge in [0, 0.05) is 0 Å². The van der Waals surface area contributed by atoms with Crippen molar-refractivity contribution in [1.29, 1.82) is 0 Å². The molecule has 162 valence electrons. The molecule has 34 heavy (non-hydrogen) atoms. The fourth-order valence-corrected chi connectivity index (χ4v) is 6.19. The van der Waals surface area contributed by atoms with E-state index in [0.29, 0.717) is 19.0 Å². The summed E-state index contributed by atoms with van der Waals surface area (Å²) in [5.41, 5.74) is 5.01. The zero-order valence-corrected chi connectivity index (χ0v) is 19.1. The van der Waals surface area contributed by atoms with E-state index in [0.717, 1.165) is 33.2 Å². The molecule has 0 saturated carbocycles. The van der Waals surface area contributed by atoms with E-state index in [-0.39, 0.29) is 11.1 Å². The second-order valence-corrected chi connectivity index (χ2v) is 9.95. The molecule has 0 spiro atoms. The lowest BCUT2D eigenvalue weighted by atomic mass is 10.1. The Morgan fingerprint density at radius 2 is 1.00 bits per heavy atom. The van der Waals surface area contributed by atoms with Crippen LogP contribution in [0.15, 0.2) is 82.4 Å². The summed E-state index contributed by atoms with van der Waals surface area (Å²) in [4.78, 5) is 36.4. The van der Waals surface area contributed by atoms with Crippen LogP contribution in [0.3, 0.4) is 0 Å². The molecule has 4 aromatic heterocycles. The minimum atomic E-state index is -0.0607. The Hall–Kier alpha value is -4.14. The standard InChI is InChI=1S/C26H14N4O2S2/c31-23-21(33-25-27-17-5-1-3-7-19(17)29(23)25)13-15-9-11-16(12-10-15)14-22-24(32)30-20-8-4-2-6-18(20)28-26(30)34-22/h1-14H/b21-13-,22-14-. The van der Waals surface area contributed by atoms with Gasteiger partial charge in [-0.2, -0.15) is 0 Å².